The summed E-state index contributed by atoms with van der Waals surface area (Å²) in [6, 6.07) is 4.79. The number of halogens is 3. The number of hydrogen-bond acceptors (Lipinski definition) is 3. The van der Waals surface area contributed by atoms with E-state index in [4.69, 9.17) is 9.47 Å². The molecule has 0 aliphatic carbocycles. The van der Waals surface area contributed by atoms with Crippen LogP contribution in [0.15, 0.2) is 23.2 Å². The largest absolute Gasteiger partial charge is 0.493 e. The molecule has 0 aliphatic heterocycles. The fourth-order valence-electron chi connectivity index (χ4n) is 1.89. The van der Waals surface area contributed by atoms with Crippen LogP contribution in [0.2, 0.25) is 0 Å². The maximum atomic E-state index is 12.2. The molecule has 24 heavy (non-hydrogen) atoms. The predicted octanol–water partition coefficient (Wildman–Crippen LogP) is 3.10. The van der Waals surface area contributed by atoms with Crippen LogP contribution in [0, 0.1) is 0 Å². The maximum absolute atomic E-state index is 12.2. The van der Waals surface area contributed by atoms with E-state index < -0.39 is 12.8 Å². The first kappa shape index (κ1) is 19.9. The van der Waals surface area contributed by atoms with E-state index in [-0.39, 0.29) is 11.5 Å². The van der Waals surface area contributed by atoms with Crippen molar-refractivity contribution >= 4 is 5.96 Å². The summed E-state index contributed by atoms with van der Waals surface area (Å²) in [6.45, 7) is 2.03. The van der Waals surface area contributed by atoms with Gasteiger partial charge in [0.25, 0.3) is 0 Å². The van der Waals surface area contributed by atoms with Crippen LogP contribution in [0.3, 0.4) is 0 Å². The fourth-order valence-corrected chi connectivity index (χ4v) is 1.89. The van der Waals surface area contributed by atoms with Crippen molar-refractivity contribution in [2.24, 2.45) is 4.99 Å². The van der Waals surface area contributed by atoms with Crippen LogP contribution in [0.1, 0.15) is 25.3 Å². The van der Waals surface area contributed by atoms with E-state index in [0.29, 0.717) is 12.5 Å². The van der Waals surface area contributed by atoms with Gasteiger partial charge in [0.1, 0.15) is 0 Å². The summed E-state index contributed by atoms with van der Waals surface area (Å²) in [4.78, 5) is 4.11. The molecule has 0 aromatic heterocycles. The predicted molar refractivity (Wildman–Crippen MR) is 87.7 cm³/mol. The topological polar surface area (TPSA) is 54.9 Å². The van der Waals surface area contributed by atoms with Gasteiger partial charge >= 0.3 is 6.18 Å². The third-order valence-electron chi connectivity index (χ3n) is 3.13. The quantitative estimate of drug-likeness (QED) is 0.431. The summed E-state index contributed by atoms with van der Waals surface area (Å²) in [7, 11) is 3.06. The van der Waals surface area contributed by atoms with Gasteiger partial charge in [0, 0.05) is 20.1 Å². The van der Waals surface area contributed by atoms with Crippen molar-refractivity contribution in [2.75, 3.05) is 27.3 Å². The number of ether oxygens (including phenoxy) is 2. The van der Waals surface area contributed by atoms with E-state index in [1.807, 2.05) is 0 Å². The van der Waals surface area contributed by atoms with Crippen LogP contribution in [-0.4, -0.2) is 39.4 Å². The van der Waals surface area contributed by atoms with Gasteiger partial charge in [-0.2, -0.15) is 13.2 Å². The van der Waals surface area contributed by atoms with E-state index in [0.717, 1.165) is 24.9 Å². The molecule has 1 aromatic rings. The molecule has 2 N–H and O–H groups in total. The highest BCUT2D eigenvalue weighted by molar-refractivity contribution is 5.79. The van der Waals surface area contributed by atoms with Crippen LogP contribution in [0.5, 0.6) is 11.5 Å². The molecule has 1 aromatic carbocycles. The molecular formula is C16H24F3N3O2. The summed E-state index contributed by atoms with van der Waals surface area (Å²) in [5.41, 5.74) is 0.838. The maximum Gasteiger partial charge on any atom is 0.422 e. The molecule has 0 atom stereocenters. The van der Waals surface area contributed by atoms with Crippen LogP contribution in [0.25, 0.3) is 0 Å². The molecule has 0 saturated carbocycles. The molecule has 0 spiro atoms. The second-order valence-electron chi connectivity index (χ2n) is 5.10. The smallest absolute Gasteiger partial charge is 0.422 e. The Bertz CT molecular complexity index is 534. The van der Waals surface area contributed by atoms with E-state index in [2.05, 4.69) is 22.5 Å². The minimum Gasteiger partial charge on any atom is -0.493 e. The number of hydrogen-bond donors (Lipinski definition) is 2. The molecule has 1 rings (SSSR count). The average molecular weight is 347 g/mol. The second-order valence-corrected chi connectivity index (χ2v) is 5.10. The van der Waals surface area contributed by atoms with Gasteiger partial charge in [-0.3, -0.25) is 4.99 Å². The van der Waals surface area contributed by atoms with E-state index in [1.54, 1.807) is 19.2 Å². The summed E-state index contributed by atoms with van der Waals surface area (Å²) < 4.78 is 46.6. The first-order chi connectivity index (χ1) is 11.4. The number of methoxy groups -OCH3 is 1. The molecule has 0 heterocycles. The van der Waals surface area contributed by atoms with Crippen LogP contribution in [-0.2, 0) is 6.54 Å². The Labute approximate surface area is 140 Å². The third-order valence-corrected chi connectivity index (χ3v) is 3.13. The molecule has 136 valence electrons. The number of nitrogens with zero attached hydrogens (tertiary/aromatic N) is 1. The third kappa shape index (κ3) is 7.43. The molecule has 0 radical (unpaired) electrons. The van der Waals surface area contributed by atoms with Crippen molar-refractivity contribution < 1.29 is 22.6 Å². The normalized spacial score (nSPS) is 12.0. The molecule has 0 amide bonds. The number of guanidine groups is 1. The number of nitrogens with one attached hydrogen (secondary N) is 2. The molecule has 5 nitrogen and oxygen atoms in total. The molecule has 0 aliphatic rings. The van der Waals surface area contributed by atoms with Crippen molar-refractivity contribution in [3.8, 4) is 11.5 Å². The Morgan fingerprint density at radius 1 is 1.21 bits per heavy atom. The lowest BCUT2D eigenvalue weighted by Crippen LogP contribution is -2.37. The van der Waals surface area contributed by atoms with Crippen LogP contribution >= 0.6 is 0 Å². The first-order valence-electron chi connectivity index (χ1n) is 7.70. The molecule has 0 unspecified atom stereocenters. The highest BCUT2D eigenvalue weighted by Gasteiger charge is 2.29. The van der Waals surface area contributed by atoms with Crippen molar-refractivity contribution in [2.45, 2.75) is 32.5 Å². The lowest BCUT2D eigenvalue weighted by atomic mass is 10.2. The monoisotopic (exact) mass is 347 g/mol. The lowest BCUT2D eigenvalue weighted by molar-refractivity contribution is -0.153. The summed E-state index contributed by atoms with van der Waals surface area (Å²) in [6.07, 6.45) is -2.26. The highest BCUT2D eigenvalue weighted by Crippen LogP contribution is 2.29. The minimum atomic E-state index is -4.39. The molecular weight excluding hydrogens is 323 g/mol. The van der Waals surface area contributed by atoms with E-state index in [9.17, 15) is 13.2 Å². The van der Waals surface area contributed by atoms with Gasteiger partial charge in [-0.25, -0.2) is 0 Å². The van der Waals surface area contributed by atoms with Gasteiger partial charge < -0.3 is 20.1 Å². The molecule has 0 fully saturated rings. The SMILES string of the molecule is CCCCNC(=NC)NCc1ccc(OCC(F)(F)F)c(OC)c1. The summed E-state index contributed by atoms with van der Waals surface area (Å²) in [5, 5.41) is 6.31. The Morgan fingerprint density at radius 3 is 2.54 bits per heavy atom. The fraction of sp³-hybridized carbons (Fsp3) is 0.562. The number of benzene rings is 1. The molecule has 8 heteroatoms. The Kier molecular flexibility index (Phi) is 8.21. The van der Waals surface area contributed by atoms with Crippen molar-refractivity contribution in [3.63, 3.8) is 0 Å². The zero-order valence-electron chi connectivity index (χ0n) is 14.2. The number of rotatable bonds is 8. The summed E-state index contributed by atoms with van der Waals surface area (Å²) >= 11 is 0. The van der Waals surface area contributed by atoms with Gasteiger partial charge in [0.15, 0.2) is 24.1 Å². The Morgan fingerprint density at radius 2 is 1.96 bits per heavy atom. The van der Waals surface area contributed by atoms with Gasteiger partial charge in [-0.1, -0.05) is 19.4 Å². The van der Waals surface area contributed by atoms with Crippen LogP contribution in [0.4, 0.5) is 13.2 Å². The summed E-state index contributed by atoms with van der Waals surface area (Å²) in [5.74, 6) is 0.983. The number of unbranched alkanes of at least 4 members (excludes halogenated alkanes) is 1. The van der Waals surface area contributed by atoms with Gasteiger partial charge in [-0.05, 0) is 24.1 Å². The van der Waals surface area contributed by atoms with Gasteiger partial charge in [-0.15, -0.1) is 0 Å². The van der Waals surface area contributed by atoms with E-state index >= 15 is 0 Å². The van der Waals surface area contributed by atoms with Crippen molar-refractivity contribution in [1.29, 1.82) is 0 Å². The number of aliphatic imine (C=N–C) groups is 1. The van der Waals surface area contributed by atoms with Gasteiger partial charge in [0.05, 0.1) is 7.11 Å². The van der Waals surface area contributed by atoms with Crippen molar-refractivity contribution in [1.82, 2.24) is 10.6 Å². The van der Waals surface area contributed by atoms with Crippen molar-refractivity contribution in [3.05, 3.63) is 23.8 Å². The average Bonchev–Trinajstić information content (AvgIpc) is 2.55. The zero-order chi connectivity index (χ0) is 18.0. The van der Waals surface area contributed by atoms with E-state index in [1.165, 1.54) is 13.2 Å². The first-order valence-corrected chi connectivity index (χ1v) is 7.70. The molecule has 0 bridgehead atoms. The Balaban J connectivity index is 2.63. The minimum absolute atomic E-state index is 0.0593. The van der Waals surface area contributed by atoms with Crippen LogP contribution < -0.4 is 20.1 Å². The standard InChI is InChI=1S/C16H24F3N3O2/c1-4-5-8-21-15(20-2)22-10-12-6-7-13(14(9-12)23-3)24-11-16(17,18)19/h6-7,9H,4-5,8,10-11H2,1-3H3,(H2,20,21,22). The molecule has 0 saturated heterocycles. The second kappa shape index (κ2) is 9.89. The number of alkyl halides is 3. The van der Waals surface area contributed by atoms with Gasteiger partial charge in [0.2, 0.25) is 0 Å². The lowest BCUT2D eigenvalue weighted by Gasteiger charge is -2.15. The Hall–Kier alpha value is -2.12. The zero-order valence-corrected chi connectivity index (χ0v) is 14.2. The highest BCUT2D eigenvalue weighted by atomic mass is 19.4.